The van der Waals surface area contributed by atoms with Crippen molar-refractivity contribution in [2.45, 2.75) is 13.3 Å². The average molecular weight is 337 g/mol. The molecule has 6 heteroatoms. The Kier molecular flexibility index (Phi) is 5.38. The first-order valence-electron chi connectivity index (χ1n) is 7.34. The van der Waals surface area contributed by atoms with Crippen LogP contribution in [0.25, 0.3) is 11.1 Å². The SMILES string of the molecule is CCc1ccc(-c2ccc(F)cc2)cc1N(CCO)S(C)(=O)=O. The number of aliphatic hydroxyl groups excluding tert-OH is 1. The summed E-state index contributed by atoms with van der Waals surface area (Å²) >= 11 is 0. The zero-order valence-electron chi connectivity index (χ0n) is 13.2. The van der Waals surface area contributed by atoms with Crippen molar-refractivity contribution in [1.29, 1.82) is 0 Å². The summed E-state index contributed by atoms with van der Waals surface area (Å²) in [5.74, 6) is -0.322. The van der Waals surface area contributed by atoms with Gasteiger partial charge in [-0.3, -0.25) is 4.31 Å². The summed E-state index contributed by atoms with van der Waals surface area (Å²) in [5.41, 5.74) is 3.01. The molecule has 0 bridgehead atoms. The Morgan fingerprint density at radius 1 is 1.09 bits per heavy atom. The van der Waals surface area contributed by atoms with E-state index in [0.29, 0.717) is 12.1 Å². The maximum atomic E-state index is 13.1. The third-order valence-electron chi connectivity index (χ3n) is 3.62. The Morgan fingerprint density at radius 3 is 2.22 bits per heavy atom. The minimum absolute atomic E-state index is 0.00129. The molecule has 0 amide bonds. The van der Waals surface area contributed by atoms with Crippen LogP contribution >= 0.6 is 0 Å². The second kappa shape index (κ2) is 7.10. The standard InChI is InChI=1S/C17H20FNO3S/c1-3-13-4-5-15(14-6-8-16(18)9-7-14)12-17(13)19(10-11-20)23(2,21)22/h4-9,12,20H,3,10-11H2,1-2H3. The number of benzene rings is 2. The molecule has 0 aromatic heterocycles. The summed E-state index contributed by atoms with van der Waals surface area (Å²) in [6.45, 7) is 1.67. The maximum Gasteiger partial charge on any atom is 0.232 e. The van der Waals surface area contributed by atoms with E-state index in [-0.39, 0.29) is 19.0 Å². The summed E-state index contributed by atoms with van der Waals surface area (Å²) in [7, 11) is -3.51. The molecule has 0 aliphatic rings. The first-order chi connectivity index (χ1) is 10.9. The van der Waals surface area contributed by atoms with Crippen LogP contribution in [-0.2, 0) is 16.4 Å². The lowest BCUT2D eigenvalue weighted by Gasteiger charge is -2.24. The minimum atomic E-state index is -3.51. The third-order valence-corrected chi connectivity index (χ3v) is 4.80. The molecule has 0 saturated heterocycles. The van der Waals surface area contributed by atoms with Gasteiger partial charge >= 0.3 is 0 Å². The predicted molar refractivity (Wildman–Crippen MR) is 90.5 cm³/mol. The van der Waals surface area contributed by atoms with E-state index in [9.17, 15) is 17.9 Å². The second-order valence-corrected chi connectivity index (χ2v) is 7.17. The lowest BCUT2D eigenvalue weighted by atomic mass is 10.0. The zero-order chi connectivity index (χ0) is 17.0. The topological polar surface area (TPSA) is 57.6 Å². The van der Waals surface area contributed by atoms with E-state index in [1.165, 1.54) is 16.4 Å². The Labute approximate surface area is 136 Å². The molecule has 1 N–H and O–H groups in total. The Bertz CT molecular complexity index is 773. The van der Waals surface area contributed by atoms with E-state index in [2.05, 4.69) is 0 Å². The number of sulfonamides is 1. The molecule has 0 aliphatic carbocycles. The van der Waals surface area contributed by atoms with Crippen LogP contribution in [0.1, 0.15) is 12.5 Å². The Balaban J connectivity index is 2.56. The largest absolute Gasteiger partial charge is 0.394 e. The van der Waals surface area contributed by atoms with Crippen molar-refractivity contribution in [2.75, 3.05) is 23.7 Å². The highest BCUT2D eigenvalue weighted by molar-refractivity contribution is 7.92. The van der Waals surface area contributed by atoms with Gasteiger partial charge in [-0.1, -0.05) is 31.2 Å². The summed E-state index contributed by atoms with van der Waals surface area (Å²) in [5, 5.41) is 9.19. The molecule has 0 unspecified atom stereocenters. The van der Waals surface area contributed by atoms with Gasteiger partial charge in [0.2, 0.25) is 10.0 Å². The van der Waals surface area contributed by atoms with Crippen LogP contribution in [-0.4, -0.2) is 32.9 Å². The fourth-order valence-electron chi connectivity index (χ4n) is 2.47. The van der Waals surface area contributed by atoms with Crippen LogP contribution in [0.3, 0.4) is 0 Å². The quantitative estimate of drug-likeness (QED) is 0.882. The highest BCUT2D eigenvalue weighted by atomic mass is 32.2. The van der Waals surface area contributed by atoms with Crippen LogP contribution in [0.2, 0.25) is 0 Å². The number of halogens is 1. The highest BCUT2D eigenvalue weighted by Gasteiger charge is 2.20. The van der Waals surface area contributed by atoms with Gasteiger partial charge in [0.1, 0.15) is 5.82 Å². The molecular formula is C17H20FNO3S. The van der Waals surface area contributed by atoms with Gasteiger partial charge in [0.05, 0.1) is 25.1 Å². The lowest BCUT2D eigenvalue weighted by Crippen LogP contribution is -2.33. The molecule has 0 aliphatic heterocycles. The maximum absolute atomic E-state index is 13.1. The molecule has 0 heterocycles. The fourth-order valence-corrected chi connectivity index (χ4v) is 3.41. The van der Waals surface area contributed by atoms with Crippen molar-refractivity contribution in [2.24, 2.45) is 0 Å². The van der Waals surface area contributed by atoms with Crippen molar-refractivity contribution in [1.82, 2.24) is 0 Å². The van der Waals surface area contributed by atoms with Crippen LogP contribution in [0, 0.1) is 5.82 Å². The van der Waals surface area contributed by atoms with Crippen LogP contribution in [0.15, 0.2) is 42.5 Å². The summed E-state index contributed by atoms with van der Waals surface area (Å²) < 4.78 is 38.4. The van der Waals surface area contributed by atoms with Crippen molar-refractivity contribution in [3.63, 3.8) is 0 Å². The predicted octanol–water partition coefficient (Wildman–Crippen LogP) is 2.81. The van der Waals surface area contributed by atoms with Crippen LogP contribution in [0.5, 0.6) is 0 Å². The molecule has 0 atom stereocenters. The van der Waals surface area contributed by atoms with Gasteiger partial charge in [-0.2, -0.15) is 0 Å². The van der Waals surface area contributed by atoms with Gasteiger partial charge in [0.25, 0.3) is 0 Å². The van der Waals surface area contributed by atoms with E-state index in [0.717, 1.165) is 22.9 Å². The van der Waals surface area contributed by atoms with Crippen molar-refractivity contribution in [3.05, 3.63) is 53.8 Å². The third kappa shape index (κ3) is 4.09. The normalized spacial score (nSPS) is 11.5. The number of anilines is 1. The fraction of sp³-hybridized carbons (Fsp3) is 0.294. The smallest absolute Gasteiger partial charge is 0.232 e. The molecule has 0 fully saturated rings. The first-order valence-corrected chi connectivity index (χ1v) is 9.19. The van der Waals surface area contributed by atoms with E-state index in [1.54, 1.807) is 18.2 Å². The van der Waals surface area contributed by atoms with E-state index >= 15 is 0 Å². The van der Waals surface area contributed by atoms with E-state index < -0.39 is 10.0 Å². The summed E-state index contributed by atoms with van der Waals surface area (Å²) in [4.78, 5) is 0. The molecule has 0 spiro atoms. The monoisotopic (exact) mass is 337 g/mol. The summed E-state index contributed by atoms with van der Waals surface area (Å²) in [6, 6.07) is 11.5. The molecule has 4 nitrogen and oxygen atoms in total. The molecule has 2 aromatic carbocycles. The second-order valence-electron chi connectivity index (χ2n) is 5.26. The summed E-state index contributed by atoms with van der Waals surface area (Å²) in [6.07, 6.45) is 1.78. The number of rotatable bonds is 6. The van der Waals surface area contributed by atoms with E-state index in [4.69, 9.17) is 0 Å². The number of aliphatic hydroxyl groups is 1. The van der Waals surface area contributed by atoms with Crippen molar-refractivity contribution >= 4 is 15.7 Å². The number of hydrogen-bond donors (Lipinski definition) is 1. The highest BCUT2D eigenvalue weighted by Crippen LogP contribution is 2.30. The van der Waals surface area contributed by atoms with Crippen LogP contribution in [0.4, 0.5) is 10.1 Å². The van der Waals surface area contributed by atoms with Crippen LogP contribution < -0.4 is 4.31 Å². The van der Waals surface area contributed by atoms with Gasteiger partial charge in [0, 0.05) is 0 Å². The first kappa shape index (κ1) is 17.4. The Morgan fingerprint density at radius 2 is 1.70 bits per heavy atom. The molecule has 124 valence electrons. The van der Waals surface area contributed by atoms with Gasteiger partial charge in [-0.05, 0) is 41.3 Å². The van der Waals surface area contributed by atoms with Crippen molar-refractivity contribution < 1.29 is 17.9 Å². The van der Waals surface area contributed by atoms with Gasteiger partial charge in [-0.25, -0.2) is 12.8 Å². The number of nitrogens with zero attached hydrogens (tertiary/aromatic N) is 1. The van der Waals surface area contributed by atoms with E-state index in [1.807, 2.05) is 19.1 Å². The lowest BCUT2D eigenvalue weighted by molar-refractivity contribution is 0.306. The van der Waals surface area contributed by atoms with Crippen molar-refractivity contribution in [3.8, 4) is 11.1 Å². The van der Waals surface area contributed by atoms with Gasteiger partial charge in [0.15, 0.2) is 0 Å². The molecule has 23 heavy (non-hydrogen) atoms. The molecule has 2 aromatic rings. The molecule has 2 rings (SSSR count). The van der Waals surface area contributed by atoms with Gasteiger partial charge < -0.3 is 5.11 Å². The Hall–Kier alpha value is -1.92. The number of hydrogen-bond acceptors (Lipinski definition) is 3. The molecule has 0 saturated carbocycles. The number of aryl methyl sites for hydroxylation is 1. The zero-order valence-corrected chi connectivity index (χ0v) is 14.0. The molecular weight excluding hydrogens is 317 g/mol. The minimum Gasteiger partial charge on any atom is -0.394 e. The van der Waals surface area contributed by atoms with Gasteiger partial charge in [-0.15, -0.1) is 0 Å². The molecule has 0 radical (unpaired) electrons. The average Bonchev–Trinajstić information content (AvgIpc) is 2.51.